The molecular weight excluding hydrogens is 466 g/mol. The van der Waals surface area contributed by atoms with E-state index >= 15 is 0 Å². The van der Waals surface area contributed by atoms with Gasteiger partial charge in [0.2, 0.25) is 0 Å². The molecule has 5 rings (SSSR count). The van der Waals surface area contributed by atoms with Gasteiger partial charge in [0.25, 0.3) is 11.7 Å². The van der Waals surface area contributed by atoms with Gasteiger partial charge in [0.15, 0.2) is 0 Å². The molecule has 0 bridgehead atoms. The highest BCUT2D eigenvalue weighted by atomic mass is 16.5. The smallest absolute Gasteiger partial charge is 0.300 e. The Morgan fingerprint density at radius 3 is 2.24 bits per heavy atom. The van der Waals surface area contributed by atoms with Crippen LogP contribution in [0.3, 0.4) is 0 Å². The number of nitrogens with zero attached hydrogens (tertiary/aromatic N) is 1. The van der Waals surface area contributed by atoms with Gasteiger partial charge in [0.1, 0.15) is 17.3 Å². The number of benzene rings is 4. The van der Waals surface area contributed by atoms with E-state index < -0.39 is 17.7 Å². The van der Waals surface area contributed by atoms with Crippen molar-refractivity contribution in [1.29, 1.82) is 0 Å². The Morgan fingerprint density at radius 1 is 0.811 bits per heavy atom. The largest absolute Gasteiger partial charge is 0.507 e. The second kappa shape index (κ2) is 10.2. The summed E-state index contributed by atoms with van der Waals surface area (Å²) in [4.78, 5) is 28.5. The predicted octanol–water partition coefficient (Wildman–Crippen LogP) is 6.26. The van der Waals surface area contributed by atoms with Crippen LogP contribution in [0, 0.1) is 0 Å². The van der Waals surface area contributed by atoms with E-state index in [-0.39, 0.29) is 11.3 Å². The molecule has 186 valence electrons. The molecule has 1 atom stereocenters. The second-order valence-corrected chi connectivity index (χ2v) is 8.63. The maximum Gasteiger partial charge on any atom is 0.300 e. The molecule has 0 aromatic heterocycles. The van der Waals surface area contributed by atoms with Gasteiger partial charge >= 0.3 is 0 Å². The van der Waals surface area contributed by atoms with Gasteiger partial charge in [0.05, 0.1) is 24.8 Å². The number of fused-ring (bicyclic) bond motifs is 1. The van der Waals surface area contributed by atoms with Crippen LogP contribution in [0.4, 0.5) is 5.69 Å². The molecule has 4 aromatic rings. The summed E-state index contributed by atoms with van der Waals surface area (Å²) in [6.45, 7) is 4.76. The minimum Gasteiger partial charge on any atom is -0.507 e. The average Bonchev–Trinajstić information content (AvgIpc) is 3.19. The minimum atomic E-state index is -0.841. The van der Waals surface area contributed by atoms with Crippen LogP contribution in [0.15, 0.2) is 96.6 Å². The summed E-state index contributed by atoms with van der Waals surface area (Å²) in [7, 11) is 0. The number of hydrogen-bond donors (Lipinski definition) is 1. The Labute approximate surface area is 215 Å². The first-order chi connectivity index (χ1) is 18.0. The second-order valence-electron chi connectivity index (χ2n) is 8.63. The van der Waals surface area contributed by atoms with Crippen molar-refractivity contribution in [2.24, 2.45) is 0 Å². The summed E-state index contributed by atoms with van der Waals surface area (Å²) >= 11 is 0. The topological polar surface area (TPSA) is 76.1 Å². The summed E-state index contributed by atoms with van der Waals surface area (Å²) in [6.07, 6.45) is 0. The Kier molecular flexibility index (Phi) is 6.64. The zero-order valence-corrected chi connectivity index (χ0v) is 20.7. The Hall–Kier alpha value is -4.58. The standard InChI is InChI=1S/C31H27NO5/c1-3-36-23-17-15-21(16-18-23)28-27(29(33)26-14-7-10-20-9-5-6-13-25(20)26)30(34)31(35)32(28)22-11-8-12-24(19-22)37-4-2/h5-19,28,33H,3-4H2,1-2H3/b29-27-. The molecule has 0 spiro atoms. The molecule has 37 heavy (non-hydrogen) atoms. The van der Waals surface area contributed by atoms with Crippen molar-refractivity contribution in [3.05, 3.63) is 108 Å². The zero-order valence-electron chi connectivity index (χ0n) is 20.7. The van der Waals surface area contributed by atoms with Gasteiger partial charge in [-0.25, -0.2) is 0 Å². The molecule has 1 N–H and O–H groups in total. The lowest BCUT2D eigenvalue weighted by molar-refractivity contribution is -0.132. The highest BCUT2D eigenvalue weighted by Gasteiger charge is 2.47. The summed E-state index contributed by atoms with van der Waals surface area (Å²) < 4.78 is 11.2. The minimum absolute atomic E-state index is 0.0346. The van der Waals surface area contributed by atoms with E-state index in [0.717, 1.165) is 10.8 Å². The van der Waals surface area contributed by atoms with Gasteiger partial charge in [-0.1, -0.05) is 60.7 Å². The molecule has 1 amide bonds. The van der Waals surface area contributed by atoms with Crippen molar-refractivity contribution < 1.29 is 24.2 Å². The van der Waals surface area contributed by atoms with Crippen LogP contribution in [-0.4, -0.2) is 30.0 Å². The van der Waals surface area contributed by atoms with E-state index in [4.69, 9.17) is 9.47 Å². The predicted molar refractivity (Wildman–Crippen MR) is 144 cm³/mol. The van der Waals surface area contributed by atoms with Crippen molar-refractivity contribution in [3.8, 4) is 11.5 Å². The van der Waals surface area contributed by atoms with Crippen molar-refractivity contribution in [2.75, 3.05) is 18.1 Å². The van der Waals surface area contributed by atoms with Crippen molar-refractivity contribution in [1.82, 2.24) is 0 Å². The number of carbonyl (C=O) groups excluding carboxylic acids is 2. The summed E-state index contributed by atoms with van der Waals surface area (Å²) in [6, 6.07) is 26.6. The van der Waals surface area contributed by atoms with Crippen LogP contribution in [0.5, 0.6) is 11.5 Å². The molecule has 0 aliphatic carbocycles. The molecule has 1 unspecified atom stereocenters. The van der Waals surface area contributed by atoms with Crippen LogP contribution < -0.4 is 14.4 Å². The molecule has 6 heteroatoms. The van der Waals surface area contributed by atoms with Gasteiger partial charge in [-0.15, -0.1) is 0 Å². The molecule has 4 aromatic carbocycles. The molecule has 1 saturated heterocycles. The quantitative estimate of drug-likeness (QED) is 0.187. The van der Waals surface area contributed by atoms with Gasteiger partial charge in [0, 0.05) is 17.3 Å². The van der Waals surface area contributed by atoms with Crippen LogP contribution in [-0.2, 0) is 9.59 Å². The molecule has 1 aliphatic rings. The fraction of sp³-hybridized carbons (Fsp3) is 0.161. The number of aliphatic hydroxyl groups excluding tert-OH is 1. The maximum atomic E-state index is 13.5. The van der Waals surface area contributed by atoms with E-state index in [1.165, 1.54) is 4.90 Å². The number of anilines is 1. The summed E-state index contributed by atoms with van der Waals surface area (Å²) in [5.74, 6) is -0.407. The first kappa shape index (κ1) is 24.1. The van der Waals surface area contributed by atoms with Crippen LogP contribution in [0.25, 0.3) is 16.5 Å². The fourth-order valence-electron chi connectivity index (χ4n) is 4.79. The molecule has 0 saturated carbocycles. The summed E-state index contributed by atoms with van der Waals surface area (Å²) in [5.41, 5.74) is 1.71. The van der Waals surface area contributed by atoms with Gasteiger partial charge in [-0.2, -0.15) is 0 Å². The van der Waals surface area contributed by atoms with Crippen molar-refractivity contribution in [2.45, 2.75) is 19.9 Å². The number of Topliss-reactive ketones (excluding diaryl/α,β-unsaturated/α-hetero) is 1. The average molecular weight is 494 g/mol. The van der Waals surface area contributed by atoms with E-state index in [1.54, 1.807) is 42.5 Å². The summed E-state index contributed by atoms with van der Waals surface area (Å²) in [5, 5.41) is 13.3. The van der Waals surface area contributed by atoms with Crippen LogP contribution in [0.1, 0.15) is 31.0 Å². The zero-order chi connectivity index (χ0) is 25.9. The van der Waals surface area contributed by atoms with Gasteiger partial charge < -0.3 is 14.6 Å². The molecule has 1 heterocycles. The Balaban J connectivity index is 1.72. The lowest BCUT2D eigenvalue weighted by Gasteiger charge is -2.26. The lowest BCUT2D eigenvalue weighted by atomic mass is 9.93. The monoisotopic (exact) mass is 493 g/mol. The van der Waals surface area contributed by atoms with E-state index in [9.17, 15) is 14.7 Å². The fourth-order valence-corrected chi connectivity index (χ4v) is 4.79. The first-order valence-electron chi connectivity index (χ1n) is 12.3. The van der Waals surface area contributed by atoms with Gasteiger partial charge in [-0.05, 0) is 54.4 Å². The number of amides is 1. The number of ether oxygens (including phenoxy) is 2. The van der Waals surface area contributed by atoms with Crippen molar-refractivity contribution in [3.63, 3.8) is 0 Å². The molecule has 6 nitrogen and oxygen atoms in total. The van der Waals surface area contributed by atoms with Crippen molar-refractivity contribution >= 4 is 33.9 Å². The van der Waals surface area contributed by atoms with Crippen LogP contribution >= 0.6 is 0 Å². The number of carbonyl (C=O) groups is 2. The molecule has 1 aliphatic heterocycles. The van der Waals surface area contributed by atoms with Crippen LogP contribution in [0.2, 0.25) is 0 Å². The third-order valence-corrected chi connectivity index (χ3v) is 6.40. The number of rotatable bonds is 7. The maximum absolute atomic E-state index is 13.5. The number of hydrogen-bond acceptors (Lipinski definition) is 5. The highest BCUT2D eigenvalue weighted by Crippen LogP contribution is 2.43. The van der Waals surface area contributed by atoms with E-state index in [0.29, 0.717) is 41.5 Å². The van der Waals surface area contributed by atoms with E-state index in [1.807, 2.05) is 62.4 Å². The van der Waals surface area contributed by atoms with E-state index in [2.05, 4.69) is 0 Å². The first-order valence-corrected chi connectivity index (χ1v) is 12.3. The molecule has 1 fully saturated rings. The number of aliphatic hydroxyl groups is 1. The normalized spacial score (nSPS) is 16.8. The Bertz CT molecular complexity index is 1500. The SMILES string of the molecule is CCOc1ccc(C2/C(=C(/O)c3cccc4ccccc34)C(=O)C(=O)N2c2cccc(OCC)c2)cc1. The third-order valence-electron chi connectivity index (χ3n) is 6.40. The third kappa shape index (κ3) is 4.42. The van der Waals surface area contributed by atoms with Gasteiger partial charge in [-0.3, -0.25) is 14.5 Å². The molecular formula is C31H27NO5. The number of ketones is 1. The molecule has 0 radical (unpaired) electrons. The highest BCUT2D eigenvalue weighted by molar-refractivity contribution is 6.51. The lowest BCUT2D eigenvalue weighted by Crippen LogP contribution is -2.29. The Morgan fingerprint density at radius 2 is 1.49 bits per heavy atom.